The molecule has 0 N–H and O–H groups in total. The number of unbranched alkanes of at least 4 members (excludes halogenated alkanes) is 1. The maximum absolute atomic E-state index is 13.2. The van der Waals surface area contributed by atoms with Crippen LogP contribution in [0.5, 0.6) is 11.5 Å². The van der Waals surface area contributed by atoms with E-state index < -0.39 is 0 Å². The topological polar surface area (TPSA) is 102 Å². The van der Waals surface area contributed by atoms with Gasteiger partial charge in [0.25, 0.3) is 11.8 Å². The van der Waals surface area contributed by atoms with Gasteiger partial charge in [0.1, 0.15) is 11.5 Å². The zero-order valence-corrected chi connectivity index (χ0v) is 22.8. The van der Waals surface area contributed by atoms with Gasteiger partial charge in [-0.3, -0.25) is 19.6 Å². The first-order valence-electron chi connectivity index (χ1n) is 13.9. The molecule has 10 nitrogen and oxygen atoms in total. The molecule has 0 aliphatic carbocycles. The van der Waals surface area contributed by atoms with Crippen LogP contribution in [-0.2, 0) is 9.47 Å². The Morgan fingerprint density at radius 1 is 0.725 bits per heavy atom. The van der Waals surface area contributed by atoms with Crippen molar-refractivity contribution in [3.05, 3.63) is 47.5 Å². The molecule has 2 aromatic carbocycles. The van der Waals surface area contributed by atoms with Gasteiger partial charge in [0.05, 0.1) is 61.0 Å². The molecule has 10 heteroatoms. The summed E-state index contributed by atoms with van der Waals surface area (Å²) in [5.41, 5.74) is 2.44. The molecule has 0 bridgehead atoms. The van der Waals surface area contributed by atoms with Crippen LogP contribution in [0.15, 0.2) is 46.4 Å². The van der Waals surface area contributed by atoms with Crippen LogP contribution < -0.4 is 9.47 Å². The van der Waals surface area contributed by atoms with Crippen molar-refractivity contribution in [1.29, 1.82) is 0 Å². The van der Waals surface area contributed by atoms with E-state index >= 15 is 0 Å². The molecule has 0 aromatic heterocycles. The standard InChI is InChI=1S/C30H34N4O6/c1-37-19-5-7-23-21(15-19)29(35)33-11-9-27(25(33)17-31-23)39-13-3-4-14-40-28-10-12-34-26(28)18-32-24-8-6-20(38-2)16-22(24)30(34)36/h5-8,15-18,25-28H,3-4,9-14H2,1-2H3/t25-,26-,27?,28?/m0/s1. The molecule has 2 fully saturated rings. The van der Waals surface area contributed by atoms with E-state index in [2.05, 4.69) is 9.98 Å². The molecule has 2 aromatic rings. The molecule has 0 radical (unpaired) electrons. The van der Waals surface area contributed by atoms with E-state index in [0.717, 1.165) is 25.7 Å². The highest BCUT2D eigenvalue weighted by molar-refractivity contribution is 6.04. The average molecular weight is 547 g/mol. The van der Waals surface area contributed by atoms with Crippen molar-refractivity contribution < 1.29 is 28.5 Å². The Hall–Kier alpha value is -3.76. The Morgan fingerprint density at radius 3 is 1.60 bits per heavy atom. The van der Waals surface area contributed by atoms with E-state index in [0.29, 0.717) is 60.3 Å². The molecule has 210 valence electrons. The van der Waals surface area contributed by atoms with Crippen LogP contribution in [0.3, 0.4) is 0 Å². The number of amides is 2. The number of fused-ring (bicyclic) bond motifs is 4. The minimum absolute atomic E-state index is 0.0377. The Balaban J connectivity index is 0.968. The number of hydrogen-bond donors (Lipinski definition) is 0. The van der Waals surface area contributed by atoms with Gasteiger partial charge in [-0.25, -0.2) is 0 Å². The highest BCUT2D eigenvalue weighted by Crippen LogP contribution is 2.34. The van der Waals surface area contributed by atoms with Crippen molar-refractivity contribution in [3.63, 3.8) is 0 Å². The van der Waals surface area contributed by atoms with E-state index in [1.54, 1.807) is 26.4 Å². The fourth-order valence-electron chi connectivity index (χ4n) is 5.91. The van der Waals surface area contributed by atoms with Crippen LogP contribution in [0.25, 0.3) is 0 Å². The SMILES string of the molecule is COc1ccc2c(c1)C(=O)N1CCC(OCCCCOC3CCN4C(=O)c5cc(OC)ccc5N=C[C@@H]34)[C@@H]1C=N2. The molecule has 4 heterocycles. The van der Waals surface area contributed by atoms with E-state index in [1.807, 2.05) is 46.5 Å². The number of rotatable bonds is 9. The molecule has 0 saturated carbocycles. The molecule has 2 amide bonds. The van der Waals surface area contributed by atoms with Crippen molar-refractivity contribution >= 4 is 35.6 Å². The van der Waals surface area contributed by atoms with Crippen LogP contribution in [0.1, 0.15) is 46.4 Å². The lowest BCUT2D eigenvalue weighted by Crippen LogP contribution is -2.41. The Morgan fingerprint density at radius 2 is 1.18 bits per heavy atom. The van der Waals surface area contributed by atoms with Gasteiger partial charge < -0.3 is 28.7 Å². The number of aliphatic imine (C=N–C) groups is 2. The second-order valence-corrected chi connectivity index (χ2v) is 10.4. The summed E-state index contributed by atoms with van der Waals surface area (Å²) in [5.74, 6) is 1.21. The predicted octanol–water partition coefficient (Wildman–Crippen LogP) is 3.82. The van der Waals surface area contributed by atoms with Gasteiger partial charge in [-0.05, 0) is 62.1 Å². The third-order valence-corrected chi connectivity index (χ3v) is 8.12. The lowest BCUT2D eigenvalue weighted by molar-refractivity contribution is 0.0233. The van der Waals surface area contributed by atoms with Gasteiger partial charge in [0.15, 0.2) is 0 Å². The monoisotopic (exact) mass is 546 g/mol. The van der Waals surface area contributed by atoms with Crippen molar-refractivity contribution in [2.75, 3.05) is 40.5 Å². The normalized spacial score (nSPS) is 24.8. The fraction of sp³-hybridized carbons (Fsp3) is 0.467. The minimum Gasteiger partial charge on any atom is -0.497 e. The molecular formula is C30H34N4O6. The van der Waals surface area contributed by atoms with Crippen LogP contribution >= 0.6 is 0 Å². The molecule has 2 unspecified atom stereocenters. The number of methoxy groups -OCH3 is 2. The van der Waals surface area contributed by atoms with Gasteiger partial charge in [0, 0.05) is 38.7 Å². The largest absolute Gasteiger partial charge is 0.497 e. The van der Waals surface area contributed by atoms with Crippen LogP contribution in [-0.4, -0.2) is 98.9 Å². The summed E-state index contributed by atoms with van der Waals surface area (Å²) < 4.78 is 23.0. The Bertz CT molecular complexity index is 1240. The number of nitrogens with zero attached hydrogens (tertiary/aromatic N) is 4. The minimum atomic E-state index is -0.178. The number of carbonyl (C=O) groups is 2. The molecule has 4 aliphatic heterocycles. The fourth-order valence-corrected chi connectivity index (χ4v) is 5.91. The number of benzene rings is 2. The second kappa shape index (κ2) is 11.4. The van der Waals surface area contributed by atoms with Crippen molar-refractivity contribution in [1.82, 2.24) is 9.80 Å². The van der Waals surface area contributed by atoms with E-state index in [1.165, 1.54) is 0 Å². The van der Waals surface area contributed by atoms with Crippen LogP contribution in [0.4, 0.5) is 11.4 Å². The van der Waals surface area contributed by atoms with Gasteiger partial charge in [-0.2, -0.15) is 0 Å². The smallest absolute Gasteiger partial charge is 0.256 e. The summed E-state index contributed by atoms with van der Waals surface area (Å²) in [6, 6.07) is 10.4. The lowest BCUT2D eigenvalue weighted by Gasteiger charge is -2.24. The van der Waals surface area contributed by atoms with Crippen LogP contribution in [0, 0.1) is 0 Å². The van der Waals surface area contributed by atoms with Gasteiger partial charge in [-0.1, -0.05) is 0 Å². The van der Waals surface area contributed by atoms with E-state index in [4.69, 9.17) is 18.9 Å². The maximum Gasteiger partial charge on any atom is 0.256 e. The molecular weight excluding hydrogens is 512 g/mol. The number of ether oxygens (including phenoxy) is 4. The van der Waals surface area contributed by atoms with Gasteiger partial charge in [0.2, 0.25) is 0 Å². The molecule has 4 aliphatic rings. The molecule has 2 saturated heterocycles. The first-order valence-corrected chi connectivity index (χ1v) is 13.9. The van der Waals surface area contributed by atoms with Gasteiger partial charge in [-0.15, -0.1) is 0 Å². The highest BCUT2D eigenvalue weighted by atomic mass is 16.5. The summed E-state index contributed by atoms with van der Waals surface area (Å²) in [6.07, 6.45) is 6.75. The molecule has 0 spiro atoms. The first-order chi connectivity index (χ1) is 19.6. The van der Waals surface area contributed by atoms with Crippen molar-refractivity contribution in [3.8, 4) is 11.5 Å². The summed E-state index contributed by atoms with van der Waals surface area (Å²) in [7, 11) is 3.18. The average Bonchev–Trinajstić information content (AvgIpc) is 3.51. The molecule has 6 rings (SSSR count). The zero-order chi connectivity index (χ0) is 27.6. The summed E-state index contributed by atoms with van der Waals surface area (Å²) in [6.45, 7) is 2.43. The summed E-state index contributed by atoms with van der Waals surface area (Å²) >= 11 is 0. The van der Waals surface area contributed by atoms with E-state index in [-0.39, 0.29) is 36.1 Å². The van der Waals surface area contributed by atoms with Gasteiger partial charge >= 0.3 is 0 Å². The lowest BCUT2D eigenvalue weighted by atomic mass is 10.1. The highest BCUT2D eigenvalue weighted by Gasteiger charge is 2.40. The molecule has 4 atom stereocenters. The number of hydrogen-bond acceptors (Lipinski definition) is 8. The van der Waals surface area contributed by atoms with Crippen molar-refractivity contribution in [2.45, 2.75) is 50.0 Å². The molecule has 40 heavy (non-hydrogen) atoms. The van der Waals surface area contributed by atoms with E-state index in [9.17, 15) is 9.59 Å². The third kappa shape index (κ3) is 4.97. The quantitative estimate of drug-likeness (QED) is 0.443. The summed E-state index contributed by atoms with van der Waals surface area (Å²) in [5, 5.41) is 0. The second-order valence-electron chi connectivity index (χ2n) is 10.4. The maximum atomic E-state index is 13.2. The van der Waals surface area contributed by atoms with Crippen molar-refractivity contribution in [2.24, 2.45) is 9.98 Å². The number of carbonyl (C=O) groups excluding carboxylic acids is 2. The Kier molecular flexibility index (Phi) is 7.53. The summed E-state index contributed by atoms with van der Waals surface area (Å²) in [4.78, 5) is 39.2. The zero-order valence-electron chi connectivity index (χ0n) is 22.8. The Labute approximate surface area is 233 Å². The third-order valence-electron chi connectivity index (χ3n) is 8.12. The van der Waals surface area contributed by atoms with Crippen LogP contribution in [0.2, 0.25) is 0 Å². The predicted molar refractivity (Wildman–Crippen MR) is 150 cm³/mol. The first kappa shape index (κ1) is 26.5.